The van der Waals surface area contributed by atoms with Crippen molar-refractivity contribution in [3.63, 3.8) is 0 Å². The Kier molecular flexibility index (Phi) is 7.21. The number of benzene rings is 1. The Hall–Kier alpha value is -1.68. The molecule has 2 aromatic rings. The Labute approximate surface area is 177 Å². The van der Waals surface area contributed by atoms with Crippen LogP contribution in [0.4, 0.5) is 9.80 Å². The van der Waals surface area contributed by atoms with Gasteiger partial charge >= 0.3 is 12.1 Å². The summed E-state index contributed by atoms with van der Waals surface area (Å²) in [6, 6.07) is 7.79. The number of rotatable bonds is 5. The predicted molar refractivity (Wildman–Crippen MR) is 115 cm³/mol. The first-order valence-corrected chi connectivity index (χ1v) is 10.5. The summed E-state index contributed by atoms with van der Waals surface area (Å²) >= 11 is 3.49. The summed E-state index contributed by atoms with van der Waals surface area (Å²) in [4.78, 5) is 31.0. The fourth-order valence-electron chi connectivity index (χ4n) is 2.25. The van der Waals surface area contributed by atoms with Crippen LogP contribution in [0, 0.1) is 3.57 Å². The first-order chi connectivity index (χ1) is 12.7. The van der Waals surface area contributed by atoms with Crippen molar-refractivity contribution in [2.24, 2.45) is 0 Å². The summed E-state index contributed by atoms with van der Waals surface area (Å²) in [6.07, 6.45) is -0.520. The predicted octanol–water partition coefficient (Wildman–Crippen LogP) is 5.35. The number of halogens is 1. The summed E-state index contributed by atoms with van der Waals surface area (Å²) in [6.45, 7) is 9.53. The molecular weight excluding hydrogens is 479 g/mol. The van der Waals surface area contributed by atoms with Crippen LogP contribution in [0.1, 0.15) is 45.1 Å². The van der Waals surface area contributed by atoms with Crippen molar-refractivity contribution in [3.05, 3.63) is 33.5 Å². The zero-order chi connectivity index (χ0) is 20.2. The van der Waals surface area contributed by atoms with Crippen LogP contribution in [0.2, 0.25) is 0 Å². The molecule has 0 aliphatic heterocycles. The van der Waals surface area contributed by atoms with Crippen molar-refractivity contribution in [1.29, 1.82) is 0 Å². The number of hydrogen-bond donors (Lipinski definition) is 0. The standard InChI is InChI=1S/C19H23IN2O4S/c1-6-22(18(24)26-19(3,4)5)16-14(17(23)25-7-2)21-15(27-16)12-9-8-10-13(20)11-12/h8-11H,6-7H2,1-5H3. The van der Waals surface area contributed by atoms with E-state index in [9.17, 15) is 9.59 Å². The summed E-state index contributed by atoms with van der Waals surface area (Å²) in [5, 5.41) is 1.08. The number of carbonyl (C=O) groups excluding carboxylic acids is 2. The highest BCUT2D eigenvalue weighted by molar-refractivity contribution is 14.1. The van der Waals surface area contributed by atoms with E-state index < -0.39 is 17.7 Å². The SMILES string of the molecule is CCOC(=O)c1nc(-c2cccc(I)c2)sc1N(CC)C(=O)OC(C)(C)C. The van der Waals surface area contributed by atoms with E-state index in [2.05, 4.69) is 27.6 Å². The Morgan fingerprint density at radius 1 is 1.26 bits per heavy atom. The van der Waals surface area contributed by atoms with Crippen LogP contribution < -0.4 is 4.90 Å². The largest absolute Gasteiger partial charge is 0.461 e. The van der Waals surface area contributed by atoms with Crippen molar-refractivity contribution < 1.29 is 19.1 Å². The molecule has 27 heavy (non-hydrogen) atoms. The molecule has 0 fully saturated rings. The van der Waals surface area contributed by atoms with Crippen molar-refractivity contribution in [2.45, 2.75) is 40.2 Å². The van der Waals surface area contributed by atoms with Crippen LogP contribution in [0.15, 0.2) is 24.3 Å². The van der Waals surface area contributed by atoms with Gasteiger partial charge in [-0.25, -0.2) is 14.6 Å². The second-order valence-electron chi connectivity index (χ2n) is 6.63. The Balaban J connectivity index is 2.51. The summed E-state index contributed by atoms with van der Waals surface area (Å²) in [5.74, 6) is -0.553. The molecule has 0 unspecified atom stereocenters. The molecule has 0 bridgehead atoms. The quantitative estimate of drug-likeness (QED) is 0.407. The third kappa shape index (κ3) is 5.65. The van der Waals surface area contributed by atoms with Crippen LogP contribution in [0.5, 0.6) is 0 Å². The van der Waals surface area contributed by atoms with Gasteiger partial charge in [0, 0.05) is 15.7 Å². The van der Waals surface area contributed by atoms with Gasteiger partial charge in [-0.1, -0.05) is 23.5 Å². The Bertz CT molecular complexity index is 829. The average molecular weight is 502 g/mol. The topological polar surface area (TPSA) is 68.7 Å². The van der Waals surface area contributed by atoms with Crippen molar-refractivity contribution in [1.82, 2.24) is 4.98 Å². The second-order valence-corrected chi connectivity index (χ2v) is 8.85. The minimum absolute atomic E-state index is 0.128. The molecule has 0 saturated carbocycles. The van der Waals surface area contributed by atoms with E-state index in [1.54, 1.807) is 27.7 Å². The van der Waals surface area contributed by atoms with E-state index in [0.717, 1.165) is 9.13 Å². The molecule has 6 nitrogen and oxygen atoms in total. The van der Waals surface area contributed by atoms with E-state index in [-0.39, 0.29) is 12.3 Å². The maximum absolute atomic E-state index is 12.7. The molecule has 146 valence electrons. The zero-order valence-electron chi connectivity index (χ0n) is 16.0. The molecule has 0 atom stereocenters. The van der Waals surface area contributed by atoms with Gasteiger partial charge in [0.15, 0.2) is 5.69 Å². The average Bonchev–Trinajstić information content (AvgIpc) is 2.99. The summed E-state index contributed by atoms with van der Waals surface area (Å²) in [7, 11) is 0. The number of nitrogens with zero attached hydrogens (tertiary/aromatic N) is 2. The van der Waals surface area contributed by atoms with Crippen LogP contribution in [-0.4, -0.2) is 35.8 Å². The molecule has 0 spiro atoms. The van der Waals surface area contributed by atoms with Gasteiger partial charge in [-0.05, 0) is 69.3 Å². The molecule has 0 aliphatic carbocycles. The lowest BCUT2D eigenvalue weighted by atomic mass is 10.2. The normalized spacial score (nSPS) is 11.2. The van der Waals surface area contributed by atoms with Gasteiger partial charge in [-0.3, -0.25) is 4.90 Å². The highest BCUT2D eigenvalue weighted by Crippen LogP contribution is 2.36. The number of anilines is 1. The van der Waals surface area contributed by atoms with Gasteiger partial charge < -0.3 is 9.47 Å². The zero-order valence-corrected chi connectivity index (χ0v) is 19.0. The minimum atomic E-state index is -0.641. The Morgan fingerprint density at radius 2 is 1.96 bits per heavy atom. The molecule has 0 radical (unpaired) electrons. The lowest BCUT2D eigenvalue weighted by Gasteiger charge is -2.25. The number of hydrogen-bond acceptors (Lipinski definition) is 6. The van der Waals surface area contributed by atoms with Crippen LogP contribution >= 0.6 is 33.9 Å². The summed E-state index contributed by atoms with van der Waals surface area (Å²) in [5.41, 5.74) is 0.366. The number of aromatic nitrogens is 1. The number of thiazole rings is 1. The van der Waals surface area contributed by atoms with E-state index in [4.69, 9.17) is 9.47 Å². The highest BCUT2D eigenvalue weighted by atomic mass is 127. The number of ether oxygens (including phenoxy) is 2. The molecule has 0 aliphatic rings. The van der Waals surface area contributed by atoms with E-state index >= 15 is 0 Å². The maximum Gasteiger partial charge on any atom is 0.415 e. The van der Waals surface area contributed by atoms with Crippen molar-refractivity contribution in [3.8, 4) is 10.6 Å². The molecule has 0 saturated heterocycles. The third-order valence-electron chi connectivity index (χ3n) is 3.32. The maximum atomic E-state index is 12.7. The number of carbonyl (C=O) groups is 2. The number of esters is 1. The van der Waals surface area contributed by atoms with E-state index in [1.807, 2.05) is 31.2 Å². The smallest absolute Gasteiger partial charge is 0.415 e. The molecule has 8 heteroatoms. The van der Waals surface area contributed by atoms with E-state index in [1.165, 1.54) is 16.2 Å². The Morgan fingerprint density at radius 3 is 2.52 bits per heavy atom. The van der Waals surface area contributed by atoms with Crippen molar-refractivity contribution >= 4 is 51.0 Å². The van der Waals surface area contributed by atoms with Gasteiger partial charge in [0.2, 0.25) is 0 Å². The van der Waals surface area contributed by atoms with Crippen molar-refractivity contribution in [2.75, 3.05) is 18.1 Å². The second kappa shape index (κ2) is 9.01. The molecular formula is C19H23IN2O4S. The first kappa shape index (κ1) is 21.6. The lowest BCUT2D eigenvalue weighted by Crippen LogP contribution is -2.37. The van der Waals surface area contributed by atoms with Gasteiger partial charge in [-0.15, -0.1) is 0 Å². The first-order valence-electron chi connectivity index (χ1n) is 8.60. The monoisotopic (exact) mass is 502 g/mol. The molecule has 0 N–H and O–H groups in total. The summed E-state index contributed by atoms with van der Waals surface area (Å²) < 4.78 is 11.7. The fraction of sp³-hybridized carbons (Fsp3) is 0.421. The van der Waals surface area contributed by atoms with Gasteiger partial charge in [0.1, 0.15) is 15.6 Å². The van der Waals surface area contributed by atoms with Crippen LogP contribution in [0.25, 0.3) is 10.6 Å². The lowest BCUT2D eigenvalue weighted by molar-refractivity contribution is 0.0521. The molecule has 1 amide bonds. The van der Waals surface area contributed by atoms with Gasteiger partial charge in [-0.2, -0.15) is 0 Å². The molecule has 1 heterocycles. The minimum Gasteiger partial charge on any atom is -0.461 e. The molecule has 2 rings (SSSR count). The molecule has 1 aromatic carbocycles. The van der Waals surface area contributed by atoms with Crippen LogP contribution in [-0.2, 0) is 9.47 Å². The number of amides is 1. The van der Waals surface area contributed by atoms with E-state index in [0.29, 0.717) is 16.6 Å². The van der Waals surface area contributed by atoms with Gasteiger partial charge in [0.25, 0.3) is 0 Å². The molecule has 1 aromatic heterocycles. The van der Waals surface area contributed by atoms with Crippen LogP contribution in [0.3, 0.4) is 0 Å². The van der Waals surface area contributed by atoms with Gasteiger partial charge in [0.05, 0.1) is 6.61 Å². The highest BCUT2D eigenvalue weighted by Gasteiger charge is 2.30. The third-order valence-corrected chi connectivity index (χ3v) is 5.12. The fourth-order valence-corrected chi connectivity index (χ4v) is 3.89.